The van der Waals surface area contributed by atoms with E-state index in [1.165, 1.54) is 17.3 Å². The lowest BCUT2D eigenvalue weighted by molar-refractivity contribution is -0.608. The molecule has 0 bridgehead atoms. The molecule has 1 aromatic heterocycles. The van der Waals surface area contributed by atoms with Gasteiger partial charge in [-0.1, -0.05) is 29.8 Å². The van der Waals surface area contributed by atoms with E-state index in [-0.39, 0.29) is 11.6 Å². The lowest BCUT2D eigenvalue weighted by Crippen LogP contribution is -2.45. The van der Waals surface area contributed by atoms with E-state index in [0.29, 0.717) is 10.6 Å². The smallest absolute Gasteiger partial charge is 0.319 e. The van der Waals surface area contributed by atoms with Gasteiger partial charge < -0.3 is 10.1 Å². The normalized spacial score (nSPS) is 18.0. The van der Waals surface area contributed by atoms with Gasteiger partial charge in [-0.25, -0.2) is 0 Å². The molecule has 1 amide bonds. The number of likely N-dealkylation sites (tertiary alicyclic amines) is 1. The van der Waals surface area contributed by atoms with Crippen molar-refractivity contribution < 1.29 is 9.52 Å². The monoisotopic (exact) mass is 310 g/mol. The van der Waals surface area contributed by atoms with Crippen molar-refractivity contribution in [1.29, 1.82) is 0 Å². The second kappa shape index (κ2) is 6.82. The Bertz CT molecular complexity index is 682. The summed E-state index contributed by atoms with van der Waals surface area (Å²) in [5.41, 5.74) is 2.79. The summed E-state index contributed by atoms with van der Waals surface area (Å²) >= 11 is 0. The highest BCUT2D eigenvalue weighted by atomic mass is 16.5. The number of hydrogen-bond donors (Lipinski definition) is 0. The molecular weight excluding hydrogens is 288 g/mol. The lowest BCUT2D eigenvalue weighted by atomic mass is 9.91. The van der Waals surface area contributed by atoms with Gasteiger partial charge in [-0.2, -0.15) is 4.73 Å². The number of carbonyl (C=O) groups excluding carboxylic acids is 1. The van der Waals surface area contributed by atoms with Crippen LogP contribution in [-0.4, -0.2) is 23.9 Å². The number of pyridine rings is 1. The molecule has 1 aliphatic rings. The Labute approximate surface area is 137 Å². The highest BCUT2D eigenvalue weighted by Crippen LogP contribution is 2.22. The lowest BCUT2D eigenvalue weighted by Gasteiger charge is -2.32. The molecule has 0 N–H and O–H groups in total. The molecule has 0 saturated carbocycles. The van der Waals surface area contributed by atoms with Gasteiger partial charge in [-0.05, 0) is 43.7 Å². The van der Waals surface area contributed by atoms with Crippen LogP contribution >= 0.6 is 0 Å². The summed E-state index contributed by atoms with van der Waals surface area (Å²) in [4.78, 5) is 14.4. The molecule has 0 spiro atoms. The minimum absolute atomic E-state index is 0.158. The highest BCUT2D eigenvalue weighted by molar-refractivity contribution is 5.91. The summed E-state index contributed by atoms with van der Waals surface area (Å²) in [5, 5.41) is 11.8. The number of piperidine rings is 1. The third-order valence-corrected chi connectivity index (χ3v) is 4.49. The van der Waals surface area contributed by atoms with Crippen molar-refractivity contribution in [2.24, 2.45) is 5.92 Å². The zero-order valence-electron chi connectivity index (χ0n) is 13.4. The number of carbonyl (C=O) groups is 1. The number of hydrogen-bond acceptors (Lipinski definition) is 2. The van der Waals surface area contributed by atoms with E-state index in [0.717, 1.165) is 32.4 Å². The van der Waals surface area contributed by atoms with Gasteiger partial charge >= 0.3 is 5.91 Å². The Morgan fingerprint density at radius 1 is 1.26 bits per heavy atom. The average Bonchev–Trinajstić information content (AvgIpc) is 2.57. The molecule has 1 saturated heterocycles. The van der Waals surface area contributed by atoms with Crippen LogP contribution in [0.3, 0.4) is 0 Å². The van der Waals surface area contributed by atoms with Gasteiger partial charge in [0.1, 0.15) is 0 Å². The fraction of sp³-hybridized carbons (Fsp3) is 0.368. The standard InChI is InChI=1S/C19H22N2O2/c1-15-7-9-16(10-8-15)13-17-5-4-11-20(14-17)19(22)18-6-2-3-12-21(18)23/h2-3,6-10,12,17H,4-5,11,13-14H2,1H3/t17-/m1/s1. The summed E-state index contributed by atoms with van der Waals surface area (Å²) in [6.45, 7) is 3.54. The summed E-state index contributed by atoms with van der Waals surface area (Å²) in [6, 6.07) is 13.6. The van der Waals surface area contributed by atoms with Gasteiger partial charge in [0.2, 0.25) is 0 Å². The Kier molecular flexibility index (Phi) is 4.60. The zero-order valence-corrected chi connectivity index (χ0v) is 13.4. The first-order valence-electron chi connectivity index (χ1n) is 8.16. The number of aryl methyl sites for hydroxylation is 1. The van der Waals surface area contributed by atoms with Crippen molar-refractivity contribution in [2.45, 2.75) is 26.2 Å². The van der Waals surface area contributed by atoms with Gasteiger partial charge in [0.15, 0.2) is 6.20 Å². The molecule has 1 aliphatic heterocycles. The molecular formula is C19H22N2O2. The molecule has 23 heavy (non-hydrogen) atoms. The minimum Gasteiger partial charge on any atom is -0.618 e. The molecule has 4 heteroatoms. The van der Waals surface area contributed by atoms with Crippen LogP contribution in [0.25, 0.3) is 0 Å². The quantitative estimate of drug-likeness (QED) is 0.646. The third kappa shape index (κ3) is 3.70. The summed E-state index contributed by atoms with van der Waals surface area (Å²) in [6.07, 6.45) is 4.48. The van der Waals surface area contributed by atoms with Crippen molar-refractivity contribution in [3.05, 3.63) is 70.7 Å². The van der Waals surface area contributed by atoms with E-state index in [1.54, 1.807) is 18.2 Å². The largest absolute Gasteiger partial charge is 0.618 e. The van der Waals surface area contributed by atoms with Crippen LogP contribution in [0.4, 0.5) is 0 Å². The minimum atomic E-state index is -0.158. The molecule has 1 fully saturated rings. The van der Waals surface area contributed by atoms with Gasteiger partial charge in [0.05, 0.1) is 0 Å². The molecule has 4 nitrogen and oxygen atoms in total. The van der Waals surface area contributed by atoms with Gasteiger partial charge in [0.25, 0.3) is 5.69 Å². The van der Waals surface area contributed by atoms with Crippen molar-refractivity contribution in [1.82, 2.24) is 4.90 Å². The van der Waals surface area contributed by atoms with Crippen molar-refractivity contribution in [3.8, 4) is 0 Å². The van der Waals surface area contributed by atoms with Crippen LogP contribution in [0.15, 0.2) is 48.7 Å². The van der Waals surface area contributed by atoms with Crippen LogP contribution in [0.2, 0.25) is 0 Å². The Balaban J connectivity index is 1.67. The number of rotatable bonds is 3. The van der Waals surface area contributed by atoms with Crippen LogP contribution in [-0.2, 0) is 6.42 Å². The second-order valence-electron chi connectivity index (χ2n) is 6.36. The van der Waals surface area contributed by atoms with Crippen LogP contribution < -0.4 is 4.73 Å². The SMILES string of the molecule is Cc1ccc(C[C@H]2CCCN(C(=O)c3cccc[n+]3[O-])C2)cc1. The van der Waals surface area contributed by atoms with E-state index < -0.39 is 0 Å². The molecule has 0 radical (unpaired) electrons. The fourth-order valence-corrected chi connectivity index (χ4v) is 3.23. The first kappa shape index (κ1) is 15.5. The van der Waals surface area contributed by atoms with Gasteiger partial charge in [0, 0.05) is 25.2 Å². The Morgan fingerprint density at radius 3 is 2.78 bits per heavy atom. The second-order valence-corrected chi connectivity index (χ2v) is 6.36. The number of nitrogens with zero attached hydrogens (tertiary/aromatic N) is 2. The van der Waals surface area contributed by atoms with Crippen molar-refractivity contribution >= 4 is 5.91 Å². The van der Waals surface area contributed by atoms with Gasteiger partial charge in [-0.3, -0.25) is 4.79 Å². The van der Waals surface area contributed by atoms with Crippen LogP contribution in [0.5, 0.6) is 0 Å². The van der Waals surface area contributed by atoms with Gasteiger partial charge in [-0.15, -0.1) is 0 Å². The van der Waals surface area contributed by atoms with Crippen LogP contribution in [0, 0.1) is 18.0 Å². The molecule has 1 atom stereocenters. The maximum absolute atomic E-state index is 12.6. The Morgan fingerprint density at radius 2 is 2.04 bits per heavy atom. The van der Waals surface area contributed by atoms with Crippen molar-refractivity contribution in [3.63, 3.8) is 0 Å². The molecule has 2 aromatic rings. The van der Waals surface area contributed by atoms with E-state index in [1.807, 2.05) is 4.90 Å². The zero-order chi connectivity index (χ0) is 16.2. The predicted molar refractivity (Wildman–Crippen MR) is 88.9 cm³/mol. The van der Waals surface area contributed by atoms with Crippen molar-refractivity contribution in [2.75, 3.05) is 13.1 Å². The first-order chi connectivity index (χ1) is 11.1. The molecule has 0 unspecified atom stereocenters. The van der Waals surface area contributed by atoms with E-state index in [9.17, 15) is 10.0 Å². The molecule has 120 valence electrons. The molecule has 0 aliphatic carbocycles. The topological polar surface area (TPSA) is 47.2 Å². The molecule has 2 heterocycles. The molecule has 3 rings (SSSR count). The average molecular weight is 310 g/mol. The Hall–Kier alpha value is -2.36. The maximum atomic E-state index is 12.6. The highest BCUT2D eigenvalue weighted by Gasteiger charge is 2.28. The maximum Gasteiger partial charge on any atom is 0.319 e. The predicted octanol–water partition coefficient (Wildman–Crippen LogP) is 2.72. The van der Waals surface area contributed by atoms with Crippen LogP contribution in [0.1, 0.15) is 34.5 Å². The summed E-state index contributed by atoms with van der Waals surface area (Å²) in [7, 11) is 0. The molecule has 1 aromatic carbocycles. The summed E-state index contributed by atoms with van der Waals surface area (Å²) in [5.74, 6) is 0.299. The van der Waals surface area contributed by atoms with E-state index in [4.69, 9.17) is 0 Å². The summed E-state index contributed by atoms with van der Waals surface area (Å²) < 4.78 is 0.659. The number of benzene rings is 1. The number of amides is 1. The fourth-order valence-electron chi connectivity index (χ4n) is 3.23. The first-order valence-corrected chi connectivity index (χ1v) is 8.16. The van der Waals surface area contributed by atoms with E-state index >= 15 is 0 Å². The number of aromatic nitrogens is 1. The third-order valence-electron chi connectivity index (χ3n) is 4.49. The van der Waals surface area contributed by atoms with E-state index in [2.05, 4.69) is 31.2 Å².